The fraction of sp³-hybridized carbons (Fsp3) is 0.308. The number of nitrogens with zero attached hydrogens (tertiary/aromatic N) is 3. The molecule has 0 radical (unpaired) electrons. The Bertz CT molecular complexity index is 610. The van der Waals surface area contributed by atoms with Crippen LogP contribution in [0.3, 0.4) is 0 Å². The van der Waals surface area contributed by atoms with Crippen LogP contribution >= 0.6 is 0 Å². The maximum absolute atomic E-state index is 11.6. The molecule has 6 nitrogen and oxygen atoms in total. The smallest absolute Gasteiger partial charge is 0.241 e. The molecule has 3 rings (SSSR count). The predicted octanol–water partition coefficient (Wildman–Crippen LogP) is -0.107. The van der Waals surface area contributed by atoms with Gasteiger partial charge in [0.2, 0.25) is 5.91 Å². The second-order valence-electron chi connectivity index (χ2n) is 4.53. The van der Waals surface area contributed by atoms with E-state index in [9.17, 15) is 4.79 Å². The molecular formula is C13H15N5O. The molecule has 1 amide bonds. The van der Waals surface area contributed by atoms with Gasteiger partial charge in [0.15, 0.2) is 0 Å². The first-order chi connectivity index (χ1) is 9.27. The molecule has 2 heterocycles. The molecule has 0 saturated carbocycles. The number of aromatic nitrogens is 2. The zero-order chi connectivity index (χ0) is 13.2. The van der Waals surface area contributed by atoms with Crippen molar-refractivity contribution in [3.8, 4) is 0 Å². The molecule has 1 fully saturated rings. The Labute approximate surface area is 110 Å². The molecule has 1 unspecified atom stereocenters. The highest BCUT2D eigenvalue weighted by atomic mass is 16.1. The summed E-state index contributed by atoms with van der Waals surface area (Å²) in [5, 5.41) is 4.12. The highest BCUT2D eigenvalue weighted by molar-refractivity contribution is 5.92. The lowest BCUT2D eigenvalue weighted by molar-refractivity contribution is -0.119. The number of carbonyl (C=O) groups is 1. The number of rotatable bonds is 2. The summed E-state index contributed by atoms with van der Waals surface area (Å²) in [6.45, 7) is 2.06. The largest absolute Gasteiger partial charge is 0.368 e. The van der Waals surface area contributed by atoms with Crippen molar-refractivity contribution in [2.75, 3.05) is 24.5 Å². The fourth-order valence-corrected chi connectivity index (χ4v) is 2.43. The normalized spacial score (nSPS) is 19.6. The number of primary amides is 1. The minimum Gasteiger partial charge on any atom is -0.368 e. The summed E-state index contributed by atoms with van der Waals surface area (Å²) >= 11 is 0. The van der Waals surface area contributed by atoms with Crippen molar-refractivity contribution in [3.63, 3.8) is 0 Å². The summed E-state index contributed by atoms with van der Waals surface area (Å²) in [6.07, 6.45) is 1.53. The second-order valence-corrected chi connectivity index (χ2v) is 4.53. The third-order valence-electron chi connectivity index (χ3n) is 3.37. The molecule has 1 saturated heterocycles. The van der Waals surface area contributed by atoms with E-state index in [0.29, 0.717) is 13.1 Å². The lowest BCUT2D eigenvalue weighted by Gasteiger charge is -2.35. The summed E-state index contributed by atoms with van der Waals surface area (Å²) in [5.74, 6) is 0.436. The van der Waals surface area contributed by atoms with E-state index < -0.39 is 0 Å². The van der Waals surface area contributed by atoms with Gasteiger partial charge in [0.1, 0.15) is 18.2 Å². The molecule has 98 valence electrons. The molecule has 19 heavy (non-hydrogen) atoms. The van der Waals surface area contributed by atoms with Gasteiger partial charge >= 0.3 is 0 Å². The van der Waals surface area contributed by atoms with E-state index in [1.165, 1.54) is 6.33 Å². The van der Waals surface area contributed by atoms with Gasteiger partial charge in [0.05, 0.1) is 5.52 Å². The van der Waals surface area contributed by atoms with Crippen molar-refractivity contribution in [2.24, 2.45) is 5.73 Å². The SMILES string of the molecule is NC(=O)C1CNCCN1c1ncnc2ccccc12. The number of nitrogens with two attached hydrogens (primary N) is 1. The number of anilines is 1. The molecule has 1 aromatic heterocycles. The average Bonchev–Trinajstić information content (AvgIpc) is 2.46. The van der Waals surface area contributed by atoms with E-state index in [0.717, 1.165) is 23.3 Å². The van der Waals surface area contributed by atoms with E-state index in [1.54, 1.807) is 0 Å². The number of carbonyl (C=O) groups excluding carboxylic acids is 1. The summed E-state index contributed by atoms with van der Waals surface area (Å²) in [6, 6.07) is 7.40. The number of fused-ring (bicyclic) bond motifs is 1. The third kappa shape index (κ3) is 2.10. The van der Waals surface area contributed by atoms with Gasteiger partial charge in [-0.3, -0.25) is 4.79 Å². The predicted molar refractivity (Wildman–Crippen MR) is 72.7 cm³/mol. The van der Waals surface area contributed by atoms with Gasteiger partial charge in [-0.05, 0) is 12.1 Å². The van der Waals surface area contributed by atoms with E-state index in [2.05, 4.69) is 15.3 Å². The maximum atomic E-state index is 11.6. The monoisotopic (exact) mass is 257 g/mol. The van der Waals surface area contributed by atoms with Gasteiger partial charge in [0, 0.05) is 25.0 Å². The van der Waals surface area contributed by atoms with Crippen LogP contribution in [0.5, 0.6) is 0 Å². The topological polar surface area (TPSA) is 84.1 Å². The molecule has 0 aliphatic carbocycles. The number of amides is 1. The molecule has 0 spiro atoms. The lowest BCUT2D eigenvalue weighted by Crippen LogP contribution is -2.57. The van der Waals surface area contributed by atoms with Gasteiger partial charge in [-0.1, -0.05) is 12.1 Å². The highest BCUT2D eigenvalue weighted by Crippen LogP contribution is 2.24. The zero-order valence-electron chi connectivity index (χ0n) is 10.4. The van der Waals surface area contributed by atoms with Crippen LogP contribution in [0.1, 0.15) is 0 Å². The van der Waals surface area contributed by atoms with Crippen LogP contribution in [-0.4, -0.2) is 41.6 Å². The van der Waals surface area contributed by atoms with E-state index in [1.807, 2.05) is 29.2 Å². The Morgan fingerprint density at radius 3 is 3.05 bits per heavy atom. The van der Waals surface area contributed by atoms with Gasteiger partial charge in [-0.2, -0.15) is 0 Å². The van der Waals surface area contributed by atoms with Gasteiger partial charge < -0.3 is 16.0 Å². The maximum Gasteiger partial charge on any atom is 0.241 e. The Kier molecular flexibility index (Phi) is 3.00. The van der Waals surface area contributed by atoms with Crippen LogP contribution in [0.4, 0.5) is 5.82 Å². The second kappa shape index (κ2) is 4.81. The Morgan fingerprint density at radius 2 is 2.21 bits per heavy atom. The fourth-order valence-electron chi connectivity index (χ4n) is 2.43. The summed E-state index contributed by atoms with van der Waals surface area (Å²) in [5.41, 5.74) is 6.34. The van der Waals surface area contributed by atoms with Crippen molar-refractivity contribution >= 4 is 22.6 Å². The molecule has 1 aliphatic heterocycles. The van der Waals surface area contributed by atoms with Crippen molar-refractivity contribution in [1.29, 1.82) is 0 Å². The summed E-state index contributed by atoms with van der Waals surface area (Å²) < 4.78 is 0. The minimum absolute atomic E-state index is 0.338. The number of hydrogen-bond acceptors (Lipinski definition) is 5. The van der Waals surface area contributed by atoms with Crippen molar-refractivity contribution in [2.45, 2.75) is 6.04 Å². The number of para-hydroxylation sites is 1. The zero-order valence-corrected chi connectivity index (χ0v) is 10.4. The first kappa shape index (κ1) is 11.9. The molecule has 0 bridgehead atoms. The molecule has 1 atom stereocenters. The minimum atomic E-state index is -0.368. The van der Waals surface area contributed by atoms with Crippen LogP contribution in [0.2, 0.25) is 0 Å². The van der Waals surface area contributed by atoms with E-state index in [-0.39, 0.29) is 11.9 Å². The van der Waals surface area contributed by atoms with Crippen molar-refractivity contribution in [1.82, 2.24) is 15.3 Å². The molecule has 2 aromatic rings. The van der Waals surface area contributed by atoms with Crippen LogP contribution in [-0.2, 0) is 4.79 Å². The molecule has 1 aliphatic rings. The standard InChI is InChI=1S/C13H15N5O/c14-12(19)11-7-15-5-6-18(11)13-9-3-1-2-4-10(9)16-8-17-13/h1-4,8,11,15H,5-7H2,(H2,14,19). The Morgan fingerprint density at radius 1 is 1.37 bits per heavy atom. The average molecular weight is 257 g/mol. The molecule has 3 N–H and O–H groups in total. The van der Waals surface area contributed by atoms with Crippen molar-refractivity contribution in [3.05, 3.63) is 30.6 Å². The quantitative estimate of drug-likeness (QED) is 0.784. The van der Waals surface area contributed by atoms with Gasteiger partial charge in [-0.15, -0.1) is 0 Å². The number of benzene rings is 1. The molecule has 6 heteroatoms. The first-order valence-electron chi connectivity index (χ1n) is 6.24. The number of nitrogens with one attached hydrogen (secondary N) is 1. The summed E-state index contributed by atoms with van der Waals surface area (Å²) in [4.78, 5) is 22.1. The first-order valence-corrected chi connectivity index (χ1v) is 6.24. The van der Waals surface area contributed by atoms with Crippen LogP contribution in [0, 0.1) is 0 Å². The third-order valence-corrected chi connectivity index (χ3v) is 3.37. The lowest BCUT2D eigenvalue weighted by atomic mass is 10.1. The Balaban J connectivity index is 2.09. The molecule has 1 aromatic carbocycles. The van der Waals surface area contributed by atoms with Crippen LogP contribution < -0.4 is 16.0 Å². The molecular weight excluding hydrogens is 242 g/mol. The number of piperazine rings is 1. The van der Waals surface area contributed by atoms with Crippen molar-refractivity contribution < 1.29 is 4.79 Å². The van der Waals surface area contributed by atoms with Gasteiger partial charge in [0.25, 0.3) is 0 Å². The van der Waals surface area contributed by atoms with E-state index >= 15 is 0 Å². The Hall–Kier alpha value is -2.21. The van der Waals surface area contributed by atoms with Gasteiger partial charge in [-0.25, -0.2) is 9.97 Å². The summed E-state index contributed by atoms with van der Waals surface area (Å²) in [7, 11) is 0. The van der Waals surface area contributed by atoms with Crippen LogP contribution in [0.15, 0.2) is 30.6 Å². The number of hydrogen-bond donors (Lipinski definition) is 2. The van der Waals surface area contributed by atoms with E-state index in [4.69, 9.17) is 5.73 Å². The van der Waals surface area contributed by atoms with Crippen LogP contribution in [0.25, 0.3) is 10.9 Å². The highest BCUT2D eigenvalue weighted by Gasteiger charge is 2.28.